The third-order valence-corrected chi connectivity index (χ3v) is 9.86. The summed E-state index contributed by atoms with van der Waals surface area (Å²) in [4.78, 5) is 75.4. The first kappa shape index (κ1) is 48.6. The van der Waals surface area contributed by atoms with Crippen LogP contribution in [0.25, 0.3) is 0 Å². The molecule has 19 heteroatoms. The number of nitrogens with one attached hydrogen (secondary N) is 4. The van der Waals surface area contributed by atoms with Crippen LogP contribution >= 0.6 is 0 Å². The summed E-state index contributed by atoms with van der Waals surface area (Å²) in [5, 5.41) is 30.9. The Morgan fingerprint density at radius 2 is 1.42 bits per heavy atom. The maximum Gasteiger partial charge on any atom is 0.408 e. The predicted octanol–water partition coefficient (Wildman–Crippen LogP) is 3.21. The summed E-state index contributed by atoms with van der Waals surface area (Å²) in [6.45, 7) is 7.38. The number of rotatable bonds is 22. The molecular weight excluding hydrogens is 837 g/mol. The normalized spacial score (nSPS) is 15.0. The highest BCUT2D eigenvalue weighted by atomic mass is 16.6. The number of allylic oxidation sites excluding steroid dienone is 1. The van der Waals surface area contributed by atoms with Crippen molar-refractivity contribution in [2.45, 2.75) is 70.1 Å². The van der Waals surface area contributed by atoms with Gasteiger partial charge >= 0.3 is 18.0 Å². The standard InChI is InChI=1S/C45H56N4O15/c1-44(2,3)64-43(57)49-35(41(55)48-27-39(53)58-4)14-15-38(52)46-16-6-18-59-20-22-61-23-21-60-19-7-17-47-40(54)28-8-5-9-31-34(24-28)45(63-42(31)56)32-12-10-29(50)25-36(32)62-37-26-30(51)11-13-33(37)45/h5,9-13,24-26,35,50-51H,6-8,14-23,27H2,1-4H3,(H,46,52)(H,47,54)(H,48,55)(H,49,57)/t35-/m0/s1. The third-order valence-electron chi connectivity index (χ3n) is 9.86. The first-order valence-electron chi connectivity index (χ1n) is 20.9. The summed E-state index contributed by atoms with van der Waals surface area (Å²) in [6, 6.07) is 7.84. The van der Waals surface area contributed by atoms with E-state index in [9.17, 15) is 39.0 Å². The molecule has 6 N–H and O–H groups in total. The first-order valence-corrected chi connectivity index (χ1v) is 20.9. The van der Waals surface area contributed by atoms with E-state index in [2.05, 4.69) is 26.0 Å². The van der Waals surface area contributed by atoms with Crippen molar-refractivity contribution in [2.24, 2.45) is 0 Å². The fraction of sp³-hybridized carbons (Fsp3) is 0.467. The molecule has 0 aromatic heterocycles. The van der Waals surface area contributed by atoms with Crippen molar-refractivity contribution >= 4 is 35.8 Å². The van der Waals surface area contributed by atoms with Gasteiger partial charge in [-0.2, -0.15) is 0 Å². The number of phenolic OH excluding ortho intramolecular Hbond substituents is 2. The Bertz CT molecular complexity index is 2090. The summed E-state index contributed by atoms with van der Waals surface area (Å²) in [5.41, 5.74) is -0.239. The topological polar surface area (TPSA) is 256 Å². The van der Waals surface area contributed by atoms with Gasteiger partial charge in [0.1, 0.15) is 41.2 Å². The largest absolute Gasteiger partial charge is 0.508 e. The molecule has 3 aliphatic rings. The average Bonchev–Trinajstić information content (AvgIpc) is 3.35. The van der Waals surface area contributed by atoms with Crippen molar-refractivity contribution in [3.8, 4) is 23.0 Å². The van der Waals surface area contributed by atoms with Crippen molar-refractivity contribution in [3.05, 3.63) is 82.5 Å². The lowest BCUT2D eigenvalue weighted by molar-refractivity contribution is -0.145. The quantitative estimate of drug-likeness (QED) is 0.0564. The minimum atomic E-state index is -1.49. The Labute approximate surface area is 370 Å². The highest BCUT2D eigenvalue weighted by Gasteiger charge is 2.54. The Morgan fingerprint density at radius 3 is 2.02 bits per heavy atom. The summed E-state index contributed by atoms with van der Waals surface area (Å²) in [5.74, 6) is -2.20. The molecule has 1 atom stereocenters. The van der Waals surface area contributed by atoms with Crippen LogP contribution < -0.4 is 26.0 Å². The van der Waals surface area contributed by atoms with E-state index < -0.39 is 47.7 Å². The second-order valence-electron chi connectivity index (χ2n) is 15.8. The van der Waals surface area contributed by atoms with Gasteiger partial charge in [-0.1, -0.05) is 12.2 Å². The van der Waals surface area contributed by atoms with E-state index >= 15 is 0 Å². The molecule has 1 spiro atoms. The van der Waals surface area contributed by atoms with Crippen LogP contribution in [0.1, 0.15) is 64.0 Å². The molecular formula is C45H56N4O15. The number of aromatic hydroxyl groups is 2. The lowest BCUT2D eigenvalue weighted by Crippen LogP contribution is -2.49. The van der Waals surface area contributed by atoms with E-state index in [0.29, 0.717) is 87.8 Å². The lowest BCUT2D eigenvalue weighted by Gasteiger charge is -2.37. The molecule has 0 saturated heterocycles. The maximum absolute atomic E-state index is 13.4. The number of carbonyl (C=O) groups excluding carboxylic acids is 6. The molecule has 0 radical (unpaired) electrons. The molecule has 5 rings (SSSR count). The number of hydrogen-bond donors (Lipinski definition) is 6. The summed E-state index contributed by atoms with van der Waals surface area (Å²) in [6.07, 6.45) is 5.44. The van der Waals surface area contributed by atoms with Gasteiger partial charge in [-0.15, -0.1) is 0 Å². The van der Waals surface area contributed by atoms with Crippen LogP contribution in [0, 0.1) is 0 Å². The van der Waals surface area contributed by atoms with Crippen molar-refractivity contribution < 1.29 is 72.1 Å². The summed E-state index contributed by atoms with van der Waals surface area (Å²) < 4.78 is 38.6. The Balaban J connectivity index is 0.942. The van der Waals surface area contributed by atoms with Gasteiger partial charge in [0, 0.05) is 67.1 Å². The molecule has 2 heterocycles. The zero-order chi connectivity index (χ0) is 46.3. The van der Waals surface area contributed by atoms with E-state index in [0.717, 1.165) is 0 Å². The fourth-order valence-corrected chi connectivity index (χ4v) is 6.89. The van der Waals surface area contributed by atoms with E-state index in [4.69, 9.17) is 28.4 Å². The molecule has 19 nitrogen and oxygen atoms in total. The van der Waals surface area contributed by atoms with Crippen LogP contribution in [0.15, 0.2) is 71.3 Å². The summed E-state index contributed by atoms with van der Waals surface area (Å²) in [7, 11) is 1.18. The number of phenols is 2. The van der Waals surface area contributed by atoms with Crippen LogP contribution in [0.2, 0.25) is 0 Å². The first-order chi connectivity index (χ1) is 30.6. The highest BCUT2D eigenvalue weighted by Crippen LogP contribution is 2.58. The Morgan fingerprint density at radius 1 is 0.828 bits per heavy atom. The van der Waals surface area contributed by atoms with Crippen LogP contribution in [0.4, 0.5) is 4.79 Å². The van der Waals surface area contributed by atoms with Crippen LogP contribution in [-0.4, -0.2) is 124 Å². The van der Waals surface area contributed by atoms with Crippen molar-refractivity contribution in [1.82, 2.24) is 21.3 Å². The number of esters is 2. The molecule has 2 aromatic carbocycles. The predicted molar refractivity (Wildman–Crippen MR) is 227 cm³/mol. The van der Waals surface area contributed by atoms with Gasteiger partial charge in [-0.3, -0.25) is 19.2 Å². The van der Waals surface area contributed by atoms with Gasteiger partial charge in [0.25, 0.3) is 0 Å². The minimum Gasteiger partial charge on any atom is -0.508 e. The Hall–Kier alpha value is -6.44. The van der Waals surface area contributed by atoms with Crippen molar-refractivity contribution in [3.63, 3.8) is 0 Å². The zero-order valence-corrected chi connectivity index (χ0v) is 36.4. The third kappa shape index (κ3) is 13.3. The molecule has 0 saturated carbocycles. The average molecular weight is 893 g/mol. The number of hydrogen-bond acceptors (Lipinski definition) is 15. The number of amides is 4. The molecule has 64 heavy (non-hydrogen) atoms. The van der Waals surface area contributed by atoms with Crippen LogP contribution in [-0.2, 0) is 58.0 Å². The second kappa shape index (κ2) is 22.8. The number of alkyl carbamates (subject to hydrolysis) is 1. The molecule has 1 aliphatic carbocycles. The van der Waals surface area contributed by atoms with Crippen LogP contribution in [0.3, 0.4) is 0 Å². The number of ether oxygens (including phenoxy) is 7. The van der Waals surface area contributed by atoms with Crippen LogP contribution in [0.5, 0.6) is 23.0 Å². The highest BCUT2D eigenvalue weighted by molar-refractivity contribution is 6.01. The number of methoxy groups -OCH3 is 1. The minimum absolute atomic E-state index is 0.0307. The zero-order valence-electron chi connectivity index (χ0n) is 36.4. The van der Waals surface area contributed by atoms with E-state index in [-0.39, 0.29) is 59.6 Å². The van der Waals surface area contributed by atoms with Gasteiger partial charge in [-0.05, 0) is 76.8 Å². The Kier molecular flexibility index (Phi) is 17.3. The second-order valence-corrected chi connectivity index (χ2v) is 15.8. The number of fused-ring (bicyclic) bond motifs is 5. The van der Waals surface area contributed by atoms with E-state index in [1.54, 1.807) is 51.1 Å². The van der Waals surface area contributed by atoms with Crippen molar-refractivity contribution in [1.29, 1.82) is 0 Å². The monoisotopic (exact) mass is 892 g/mol. The molecule has 2 aliphatic heterocycles. The molecule has 0 unspecified atom stereocenters. The number of carbonyl (C=O) groups is 6. The number of benzene rings is 2. The van der Waals surface area contributed by atoms with E-state index in [1.165, 1.54) is 31.4 Å². The maximum atomic E-state index is 13.4. The molecule has 346 valence electrons. The molecule has 2 aromatic rings. The lowest BCUT2D eigenvalue weighted by atomic mass is 9.76. The summed E-state index contributed by atoms with van der Waals surface area (Å²) >= 11 is 0. The molecule has 4 amide bonds. The van der Waals surface area contributed by atoms with Gasteiger partial charge in [0.15, 0.2) is 5.60 Å². The van der Waals surface area contributed by atoms with Gasteiger partial charge in [-0.25, -0.2) is 9.59 Å². The van der Waals surface area contributed by atoms with Gasteiger partial charge in [0.2, 0.25) is 17.7 Å². The van der Waals surface area contributed by atoms with E-state index in [1.807, 2.05) is 0 Å². The molecule has 0 bridgehead atoms. The van der Waals surface area contributed by atoms with Gasteiger partial charge in [0.05, 0.1) is 39.1 Å². The molecule has 0 fully saturated rings. The fourth-order valence-electron chi connectivity index (χ4n) is 6.89. The smallest absolute Gasteiger partial charge is 0.408 e. The SMILES string of the molecule is COC(=O)CNC(=O)[C@H](CCC(=O)NCCCOCCOCCOCCCNC(=O)C1=CC2=C(C=CC1)C(=O)OC21c2ccc(O)cc2Oc2cc(O)ccc21)NC(=O)OC(C)(C)C. The van der Waals surface area contributed by atoms with Gasteiger partial charge < -0.3 is 64.6 Å². The van der Waals surface area contributed by atoms with Crippen molar-refractivity contribution in [2.75, 3.05) is 66.4 Å².